The van der Waals surface area contributed by atoms with Crippen molar-refractivity contribution in [3.8, 4) is 0 Å². The third kappa shape index (κ3) is 46.7. The maximum Gasteiger partial charge on any atom is 0.306 e. The van der Waals surface area contributed by atoms with Gasteiger partial charge in [-0.1, -0.05) is 238 Å². The van der Waals surface area contributed by atoms with E-state index in [-0.39, 0.29) is 24.9 Å². The van der Waals surface area contributed by atoms with Crippen LogP contribution in [-0.4, -0.2) is 46.9 Å². The van der Waals surface area contributed by atoms with Crippen LogP contribution in [0.15, 0.2) is 24.3 Å². The van der Waals surface area contributed by atoms with Gasteiger partial charge in [-0.25, -0.2) is 0 Å². The summed E-state index contributed by atoms with van der Waals surface area (Å²) in [6.07, 6.45) is 59.6. The minimum absolute atomic E-state index is 0.0702. The van der Waals surface area contributed by atoms with Gasteiger partial charge in [-0.2, -0.15) is 0 Å². The zero-order valence-corrected chi connectivity index (χ0v) is 42.5. The molecule has 0 aromatic heterocycles. The number of aliphatic hydroxyl groups excluding tert-OH is 2. The van der Waals surface area contributed by atoms with Crippen LogP contribution < -0.4 is 5.32 Å². The van der Waals surface area contributed by atoms with Crippen molar-refractivity contribution in [2.45, 2.75) is 322 Å². The van der Waals surface area contributed by atoms with E-state index in [0.29, 0.717) is 19.3 Å². The van der Waals surface area contributed by atoms with Crippen molar-refractivity contribution in [2.24, 2.45) is 0 Å². The largest absolute Gasteiger partial charge is 0.462 e. The van der Waals surface area contributed by atoms with Crippen molar-refractivity contribution in [2.75, 3.05) is 6.61 Å². The summed E-state index contributed by atoms with van der Waals surface area (Å²) in [5, 5.41) is 23.8. The Hall–Kier alpha value is -1.66. The Morgan fingerprint density at radius 1 is 0.444 bits per heavy atom. The van der Waals surface area contributed by atoms with Crippen molar-refractivity contribution in [3.05, 3.63) is 24.3 Å². The Labute approximate surface area is 392 Å². The Bertz CT molecular complexity index is 997. The smallest absolute Gasteiger partial charge is 0.306 e. The molecule has 0 aromatic carbocycles. The highest BCUT2D eigenvalue weighted by Crippen LogP contribution is 2.18. The van der Waals surface area contributed by atoms with Crippen LogP contribution in [-0.2, 0) is 14.3 Å². The molecule has 63 heavy (non-hydrogen) atoms. The average Bonchev–Trinajstić information content (AvgIpc) is 3.28. The molecule has 372 valence electrons. The van der Waals surface area contributed by atoms with Crippen LogP contribution in [0.5, 0.6) is 0 Å². The van der Waals surface area contributed by atoms with E-state index < -0.39 is 18.2 Å². The van der Waals surface area contributed by atoms with Crippen LogP contribution in [0.1, 0.15) is 303 Å². The molecule has 0 aliphatic rings. The summed E-state index contributed by atoms with van der Waals surface area (Å²) in [6, 6.07) is -0.702. The summed E-state index contributed by atoms with van der Waals surface area (Å²) >= 11 is 0. The van der Waals surface area contributed by atoms with E-state index >= 15 is 0 Å². The van der Waals surface area contributed by atoms with Crippen LogP contribution >= 0.6 is 0 Å². The van der Waals surface area contributed by atoms with Gasteiger partial charge in [0.15, 0.2) is 0 Å². The zero-order valence-electron chi connectivity index (χ0n) is 42.5. The van der Waals surface area contributed by atoms with Crippen molar-refractivity contribution in [1.82, 2.24) is 5.32 Å². The molecule has 3 N–H and O–H groups in total. The zero-order chi connectivity index (χ0) is 45.9. The second-order valence-electron chi connectivity index (χ2n) is 19.3. The number of nitrogens with one attached hydrogen (secondary N) is 1. The lowest BCUT2D eigenvalue weighted by Gasteiger charge is -2.24. The van der Waals surface area contributed by atoms with Crippen LogP contribution in [0.3, 0.4) is 0 Å². The van der Waals surface area contributed by atoms with Crippen LogP contribution in [0.2, 0.25) is 0 Å². The Morgan fingerprint density at radius 2 is 0.762 bits per heavy atom. The highest BCUT2D eigenvalue weighted by molar-refractivity contribution is 5.77. The summed E-state index contributed by atoms with van der Waals surface area (Å²) in [5.74, 6) is -0.479. The standard InChI is InChI=1S/C57H109NO5/c1-4-7-10-13-16-19-22-24-26-27-28-29-31-33-35-38-41-44-47-50-57(62)63-53(48-45-42-39-36-21-18-15-12-9-6-3)51-56(61)58-54(52-59)55(60)49-46-43-40-37-34-32-30-25-23-20-17-14-11-8-5-2/h18,21,24,26,53-55,59-60H,4-17,19-20,22-23,25,27-52H2,1-3H3,(H,58,61)/b21-18-,26-24+. The lowest BCUT2D eigenvalue weighted by Crippen LogP contribution is -2.46. The van der Waals surface area contributed by atoms with Crippen LogP contribution in [0, 0.1) is 0 Å². The molecule has 0 saturated carbocycles. The Balaban J connectivity index is 4.41. The van der Waals surface area contributed by atoms with E-state index in [4.69, 9.17) is 4.74 Å². The second-order valence-corrected chi connectivity index (χ2v) is 19.3. The number of hydrogen-bond acceptors (Lipinski definition) is 5. The van der Waals surface area contributed by atoms with Gasteiger partial charge < -0.3 is 20.3 Å². The SMILES string of the molecule is CCCCC/C=C\CCCCCC(CC(=O)NC(CO)C(O)CCCCCCCCCCCCCCCCC)OC(=O)CCCCCCCCCCC/C=C/CCCCCCCC. The summed E-state index contributed by atoms with van der Waals surface area (Å²) < 4.78 is 5.93. The molecule has 0 aromatic rings. The third-order valence-corrected chi connectivity index (χ3v) is 13.0. The number of allylic oxidation sites excluding steroid dienone is 4. The van der Waals surface area contributed by atoms with Gasteiger partial charge in [0.1, 0.15) is 6.10 Å². The molecular weight excluding hydrogens is 779 g/mol. The quantitative estimate of drug-likeness (QED) is 0.0321. The molecule has 0 aliphatic heterocycles. The van der Waals surface area contributed by atoms with Crippen molar-refractivity contribution in [3.63, 3.8) is 0 Å². The highest BCUT2D eigenvalue weighted by Gasteiger charge is 2.24. The summed E-state index contributed by atoms with van der Waals surface area (Å²) in [7, 11) is 0. The molecule has 0 heterocycles. The predicted octanol–water partition coefficient (Wildman–Crippen LogP) is 17.1. The van der Waals surface area contributed by atoms with Gasteiger partial charge in [-0.05, 0) is 77.0 Å². The van der Waals surface area contributed by atoms with Crippen molar-refractivity contribution >= 4 is 11.9 Å². The highest BCUT2D eigenvalue weighted by atomic mass is 16.5. The fourth-order valence-electron chi connectivity index (χ4n) is 8.72. The lowest BCUT2D eigenvalue weighted by molar-refractivity contribution is -0.151. The number of aliphatic hydroxyl groups is 2. The molecule has 3 unspecified atom stereocenters. The molecule has 0 fully saturated rings. The first-order valence-corrected chi connectivity index (χ1v) is 28.1. The lowest BCUT2D eigenvalue weighted by atomic mass is 10.0. The molecule has 0 aliphatic carbocycles. The Morgan fingerprint density at radius 3 is 1.17 bits per heavy atom. The summed E-state index contributed by atoms with van der Waals surface area (Å²) in [5.41, 5.74) is 0. The number of esters is 1. The number of ether oxygens (including phenoxy) is 1. The predicted molar refractivity (Wildman–Crippen MR) is 273 cm³/mol. The van der Waals surface area contributed by atoms with E-state index in [9.17, 15) is 19.8 Å². The molecule has 0 saturated heterocycles. The van der Waals surface area contributed by atoms with E-state index in [1.165, 1.54) is 193 Å². The topological polar surface area (TPSA) is 95.9 Å². The monoisotopic (exact) mass is 888 g/mol. The second kappa shape index (κ2) is 51.3. The van der Waals surface area contributed by atoms with Gasteiger partial charge in [0.2, 0.25) is 5.91 Å². The molecule has 6 nitrogen and oxygen atoms in total. The Kier molecular flexibility index (Phi) is 50.0. The van der Waals surface area contributed by atoms with Gasteiger partial charge in [-0.15, -0.1) is 0 Å². The van der Waals surface area contributed by atoms with Crippen molar-refractivity contribution < 1.29 is 24.5 Å². The van der Waals surface area contributed by atoms with E-state index in [2.05, 4.69) is 50.4 Å². The number of amides is 1. The maximum atomic E-state index is 13.2. The molecule has 0 rings (SSSR count). The van der Waals surface area contributed by atoms with Gasteiger partial charge in [0.05, 0.1) is 25.2 Å². The van der Waals surface area contributed by atoms with Gasteiger partial charge >= 0.3 is 5.97 Å². The number of rotatable bonds is 51. The first kappa shape index (κ1) is 61.3. The molecule has 0 radical (unpaired) electrons. The van der Waals surface area contributed by atoms with E-state index in [1.807, 2.05) is 0 Å². The fraction of sp³-hybridized carbons (Fsp3) is 0.895. The fourth-order valence-corrected chi connectivity index (χ4v) is 8.72. The molecule has 0 spiro atoms. The summed E-state index contributed by atoms with van der Waals surface area (Å²) in [4.78, 5) is 26.2. The average molecular weight is 889 g/mol. The van der Waals surface area contributed by atoms with Gasteiger partial charge in [0.25, 0.3) is 0 Å². The van der Waals surface area contributed by atoms with Crippen LogP contribution in [0.25, 0.3) is 0 Å². The van der Waals surface area contributed by atoms with Crippen LogP contribution in [0.4, 0.5) is 0 Å². The number of unbranched alkanes of at least 4 members (excludes halogenated alkanes) is 35. The maximum absolute atomic E-state index is 13.2. The minimum Gasteiger partial charge on any atom is -0.462 e. The number of hydrogen-bond donors (Lipinski definition) is 3. The number of carbonyl (C=O) groups is 2. The third-order valence-electron chi connectivity index (χ3n) is 13.0. The first-order valence-electron chi connectivity index (χ1n) is 28.1. The normalized spacial score (nSPS) is 13.3. The molecule has 1 amide bonds. The van der Waals surface area contributed by atoms with Crippen molar-refractivity contribution in [1.29, 1.82) is 0 Å². The summed E-state index contributed by atoms with van der Waals surface area (Å²) in [6.45, 7) is 6.48. The van der Waals surface area contributed by atoms with E-state index in [1.54, 1.807) is 0 Å². The minimum atomic E-state index is -0.788. The molecule has 6 heteroatoms. The molecule has 0 bridgehead atoms. The molecular formula is C57H109NO5. The number of carbonyl (C=O) groups excluding carboxylic acids is 2. The van der Waals surface area contributed by atoms with Gasteiger partial charge in [0, 0.05) is 6.42 Å². The van der Waals surface area contributed by atoms with E-state index in [0.717, 1.165) is 64.2 Å². The molecule has 3 atom stereocenters. The van der Waals surface area contributed by atoms with Gasteiger partial charge in [-0.3, -0.25) is 9.59 Å². The first-order chi connectivity index (χ1) is 31.0.